The molecule has 2 rings (SSSR count). The molecule has 1 heterocycles. The summed E-state index contributed by atoms with van der Waals surface area (Å²) in [5, 5.41) is 0.785. The van der Waals surface area contributed by atoms with Crippen LogP contribution < -0.4 is 0 Å². The van der Waals surface area contributed by atoms with Crippen LogP contribution in [0.3, 0.4) is 0 Å². The van der Waals surface area contributed by atoms with Crippen LogP contribution in [-0.4, -0.2) is 0 Å². The van der Waals surface area contributed by atoms with E-state index >= 15 is 0 Å². The number of fused-ring (bicyclic) bond motifs is 1. The summed E-state index contributed by atoms with van der Waals surface area (Å²) in [6.07, 6.45) is 0. The average molecular weight is 219 g/mol. The molecule has 0 bridgehead atoms. The predicted molar refractivity (Wildman–Crippen MR) is 54.0 cm³/mol. The Hall–Kier alpha value is -0.250. The van der Waals surface area contributed by atoms with E-state index in [0.717, 1.165) is 10.1 Å². The summed E-state index contributed by atoms with van der Waals surface area (Å²) in [5.74, 6) is -0.257. The third kappa shape index (κ3) is 1.22. The van der Waals surface area contributed by atoms with E-state index in [1.807, 2.05) is 0 Å². The summed E-state index contributed by atoms with van der Waals surface area (Å²) >= 11 is 11.4. The summed E-state index contributed by atoms with van der Waals surface area (Å²) in [6, 6.07) is 4.57. The molecular formula is C8H4ClFS2. The molecule has 0 nitrogen and oxygen atoms in total. The van der Waals surface area contributed by atoms with Crippen molar-refractivity contribution < 1.29 is 4.39 Å². The molecule has 0 aliphatic rings. The Kier molecular flexibility index (Phi) is 2.02. The van der Waals surface area contributed by atoms with Gasteiger partial charge in [-0.1, -0.05) is 11.6 Å². The van der Waals surface area contributed by atoms with Gasteiger partial charge in [0.15, 0.2) is 0 Å². The van der Waals surface area contributed by atoms with E-state index < -0.39 is 0 Å². The number of rotatable bonds is 0. The van der Waals surface area contributed by atoms with Crippen molar-refractivity contribution in [3.63, 3.8) is 0 Å². The molecule has 62 valence electrons. The molecule has 12 heavy (non-hydrogen) atoms. The summed E-state index contributed by atoms with van der Waals surface area (Å²) < 4.78 is 14.3. The number of hydrogen-bond donors (Lipinski definition) is 1. The van der Waals surface area contributed by atoms with Crippen LogP contribution in [0.1, 0.15) is 0 Å². The first kappa shape index (κ1) is 8.35. The van der Waals surface area contributed by atoms with Crippen LogP contribution in [0.5, 0.6) is 0 Å². The van der Waals surface area contributed by atoms with Gasteiger partial charge in [-0.2, -0.15) is 0 Å². The highest BCUT2D eigenvalue weighted by Gasteiger charge is 2.07. The van der Waals surface area contributed by atoms with Gasteiger partial charge in [-0.05, 0) is 18.2 Å². The Balaban J connectivity index is 2.88. The van der Waals surface area contributed by atoms with Gasteiger partial charge in [0.2, 0.25) is 0 Å². The molecule has 0 unspecified atom stereocenters. The minimum absolute atomic E-state index is 0.257. The van der Waals surface area contributed by atoms with Crippen LogP contribution in [0.4, 0.5) is 4.39 Å². The molecule has 1 aromatic heterocycles. The lowest BCUT2D eigenvalue weighted by Crippen LogP contribution is -1.70. The zero-order valence-electron chi connectivity index (χ0n) is 5.84. The van der Waals surface area contributed by atoms with Crippen molar-refractivity contribution in [3.8, 4) is 0 Å². The van der Waals surface area contributed by atoms with Crippen molar-refractivity contribution in [3.05, 3.63) is 28.4 Å². The molecule has 0 aliphatic heterocycles. The average Bonchev–Trinajstić information content (AvgIpc) is 2.31. The number of benzene rings is 1. The van der Waals surface area contributed by atoms with E-state index in [1.54, 1.807) is 6.07 Å². The molecule has 0 spiro atoms. The van der Waals surface area contributed by atoms with Crippen LogP contribution in [0.25, 0.3) is 10.1 Å². The minimum atomic E-state index is -0.257. The molecule has 0 saturated heterocycles. The highest BCUT2D eigenvalue weighted by molar-refractivity contribution is 7.81. The minimum Gasteiger partial charge on any atom is -0.207 e. The maximum atomic E-state index is 12.8. The van der Waals surface area contributed by atoms with Crippen molar-refractivity contribution in [1.29, 1.82) is 0 Å². The number of hydrogen-bond acceptors (Lipinski definition) is 2. The van der Waals surface area contributed by atoms with E-state index in [1.165, 1.54) is 23.5 Å². The maximum Gasteiger partial charge on any atom is 0.123 e. The Morgan fingerprint density at radius 1 is 1.42 bits per heavy atom. The standard InChI is InChI=1S/C8H4ClFS2/c9-8-7(11)5-3-4(10)1-2-6(5)12-8/h1-3,11H. The lowest BCUT2D eigenvalue weighted by molar-refractivity contribution is 0.629. The Bertz CT molecular complexity index is 436. The second-order valence-electron chi connectivity index (χ2n) is 2.36. The molecule has 4 heteroatoms. The normalized spacial score (nSPS) is 10.9. The van der Waals surface area contributed by atoms with Gasteiger partial charge in [-0.25, -0.2) is 4.39 Å². The lowest BCUT2D eigenvalue weighted by atomic mass is 10.2. The fourth-order valence-corrected chi connectivity index (χ4v) is 2.58. The van der Waals surface area contributed by atoms with E-state index in [4.69, 9.17) is 11.6 Å². The number of halogens is 2. The van der Waals surface area contributed by atoms with Crippen molar-refractivity contribution in [1.82, 2.24) is 0 Å². The fourth-order valence-electron chi connectivity index (χ4n) is 1.03. The lowest BCUT2D eigenvalue weighted by Gasteiger charge is -1.90. The molecule has 0 aliphatic carbocycles. The SMILES string of the molecule is Fc1ccc2sc(Cl)c(S)c2c1. The highest BCUT2D eigenvalue weighted by Crippen LogP contribution is 2.37. The molecule has 0 saturated carbocycles. The quantitative estimate of drug-likeness (QED) is 0.636. The van der Waals surface area contributed by atoms with Crippen LogP contribution in [-0.2, 0) is 0 Å². The topological polar surface area (TPSA) is 0 Å². The predicted octanol–water partition coefficient (Wildman–Crippen LogP) is 3.98. The number of thiophene rings is 1. The summed E-state index contributed by atoms with van der Waals surface area (Å²) in [5.41, 5.74) is 0. The first-order valence-electron chi connectivity index (χ1n) is 3.25. The summed E-state index contributed by atoms with van der Waals surface area (Å²) in [6.45, 7) is 0. The molecule has 0 atom stereocenters. The number of thiol groups is 1. The summed E-state index contributed by atoms with van der Waals surface area (Å²) in [4.78, 5) is 0.663. The molecule has 0 radical (unpaired) electrons. The van der Waals surface area contributed by atoms with Gasteiger partial charge in [0.25, 0.3) is 0 Å². The first-order valence-corrected chi connectivity index (χ1v) is 4.89. The second kappa shape index (κ2) is 2.91. The second-order valence-corrected chi connectivity index (χ2v) is 4.47. The zero-order valence-corrected chi connectivity index (χ0v) is 8.31. The van der Waals surface area contributed by atoms with Crippen LogP contribution in [0.2, 0.25) is 4.34 Å². The monoisotopic (exact) mass is 218 g/mol. The van der Waals surface area contributed by atoms with Crippen LogP contribution in [0, 0.1) is 5.82 Å². The summed E-state index contributed by atoms with van der Waals surface area (Å²) in [7, 11) is 0. The molecule has 0 fully saturated rings. The van der Waals surface area contributed by atoms with Gasteiger partial charge < -0.3 is 0 Å². The first-order chi connectivity index (χ1) is 5.68. The van der Waals surface area contributed by atoms with Gasteiger partial charge >= 0.3 is 0 Å². The smallest absolute Gasteiger partial charge is 0.123 e. The van der Waals surface area contributed by atoms with Crippen LogP contribution >= 0.6 is 35.6 Å². The highest BCUT2D eigenvalue weighted by atomic mass is 35.5. The zero-order chi connectivity index (χ0) is 8.72. The third-order valence-corrected chi connectivity index (χ3v) is 3.71. The molecule has 2 aromatic rings. The molecule has 1 aromatic carbocycles. The molecule has 0 amide bonds. The van der Waals surface area contributed by atoms with E-state index in [2.05, 4.69) is 12.6 Å². The largest absolute Gasteiger partial charge is 0.207 e. The van der Waals surface area contributed by atoms with E-state index in [9.17, 15) is 4.39 Å². The third-order valence-electron chi connectivity index (χ3n) is 1.58. The van der Waals surface area contributed by atoms with Crippen molar-refractivity contribution >= 4 is 45.7 Å². The van der Waals surface area contributed by atoms with Gasteiger partial charge in [0.1, 0.15) is 10.2 Å². The van der Waals surface area contributed by atoms with Gasteiger partial charge in [0.05, 0.1) is 0 Å². The van der Waals surface area contributed by atoms with Crippen molar-refractivity contribution in [2.24, 2.45) is 0 Å². The maximum absolute atomic E-state index is 12.8. The van der Waals surface area contributed by atoms with Crippen molar-refractivity contribution in [2.45, 2.75) is 4.90 Å². The van der Waals surface area contributed by atoms with Crippen molar-refractivity contribution in [2.75, 3.05) is 0 Å². The van der Waals surface area contributed by atoms with Gasteiger partial charge in [-0.15, -0.1) is 24.0 Å². The van der Waals surface area contributed by atoms with E-state index in [0.29, 0.717) is 9.23 Å². The van der Waals surface area contributed by atoms with E-state index in [-0.39, 0.29) is 5.82 Å². The fraction of sp³-hybridized carbons (Fsp3) is 0. The molecular weight excluding hydrogens is 215 g/mol. The van der Waals surface area contributed by atoms with Gasteiger partial charge in [0, 0.05) is 15.0 Å². The Labute approximate surface area is 83.4 Å². The van der Waals surface area contributed by atoms with Gasteiger partial charge in [-0.3, -0.25) is 0 Å². The Morgan fingerprint density at radius 3 is 2.92 bits per heavy atom. The molecule has 0 N–H and O–H groups in total. The Morgan fingerprint density at radius 2 is 2.17 bits per heavy atom. The van der Waals surface area contributed by atoms with Crippen LogP contribution in [0.15, 0.2) is 23.1 Å².